The lowest BCUT2D eigenvalue weighted by atomic mass is 10.1. The zero-order valence-corrected chi connectivity index (χ0v) is 11.1. The van der Waals surface area contributed by atoms with E-state index in [-0.39, 0.29) is 6.10 Å². The van der Waals surface area contributed by atoms with E-state index in [4.69, 9.17) is 4.74 Å². The lowest BCUT2D eigenvalue weighted by Gasteiger charge is -2.23. The van der Waals surface area contributed by atoms with Crippen molar-refractivity contribution < 1.29 is 9.84 Å². The molecule has 1 fully saturated rings. The molecule has 1 aromatic rings. The zero-order chi connectivity index (χ0) is 13.0. The Balaban J connectivity index is 1.98. The second-order valence-corrected chi connectivity index (χ2v) is 4.82. The van der Waals surface area contributed by atoms with Crippen molar-refractivity contribution in [3.63, 3.8) is 0 Å². The Bertz CT molecular complexity index is 367. The van der Waals surface area contributed by atoms with Gasteiger partial charge in [-0.05, 0) is 31.2 Å². The SMILES string of the molecule is CN[C@H](CN1CCC(O)C1)c1ccc(OC)cc1. The Kier molecular flexibility index (Phi) is 4.58. The molecule has 4 heteroatoms. The number of likely N-dealkylation sites (N-methyl/N-ethyl adjacent to an activating group) is 1. The van der Waals surface area contributed by atoms with Crippen LogP contribution in [0, 0.1) is 0 Å². The summed E-state index contributed by atoms with van der Waals surface area (Å²) in [4.78, 5) is 2.30. The Morgan fingerprint density at radius 2 is 2.17 bits per heavy atom. The number of methoxy groups -OCH3 is 1. The first-order valence-corrected chi connectivity index (χ1v) is 6.44. The van der Waals surface area contributed by atoms with Gasteiger partial charge in [-0.1, -0.05) is 12.1 Å². The Labute approximate surface area is 109 Å². The van der Waals surface area contributed by atoms with Gasteiger partial charge in [0.05, 0.1) is 13.2 Å². The van der Waals surface area contributed by atoms with Gasteiger partial charge in [0.25, 0.3) is 0 Å². The van der Waals surface area contributed by atoms with E-state index >= 15 is 0 Å². The topological polar surface area (TPSA) is 44.7 Å². The number of aliphatic hydroxyl groups is 1. The van der Waals surface area contributed by atoms with Gasteiger partial charge in [0.15, 0.2) is 0 Å². The molecule has 100 valence electrons. The number of likely N-dealkylation sites (tertiary alicyclic amines) is 1. The molecule has 1 aliphatic heterocycles. The summed E-state index contributed by atoms with van der Waals surface area (Å²) in [5.74, 6) is 0.880. The molecule has 2 rings (SSSR count). The van der Waals surface area contributed by atoms with E-state index in [0.717, 1.165) is 31.8 Å². The highest BCUT2D eigenvalue weighted by Gasteiger charge is 2.22. The van der Waals surface area contributed by atoms with E-state index in [2.05, 4.69) is 22.3 Å². The summed E-state index contributed by atoms with van der Waals surface area (Å²) >= 11 is 0. The van der Waals surface area contributed by atoms with E-state index in [9.17, 15) is 5.11 Å². The fourth-order valence-corrected chi connectivity index (χ4v) is 2.44. The standard InChI is InChI=1S/C14H22N2O2/c1-15-14(10-16-8-7-12(17)9-16)11-3-5-13(18-2)6-4-11/h3-6,12,14-15,17H,7-10H2,1-2H3/t12?,14-/m1/s1. The summed E-state index contributed by atoms with van der Waals surface area (Å²) in [6.45, 7) is 2.70. The average molecular weight is 250 g/mol. The molecule has 1 saturated heterocycles. The smallest absolute Gasteiger partial charge is 0.118 e. The van der Waals surface area contributed by atoms with Crippen molar-refractivity contribution in [2.45, 2.75) is 18.6 Å². The van der Waals surface area contributed by atoms with Crippen molar-refractivity contribution in [1.82, 2.24) is 10.2 Å². The largest absolute Gasteiger partial charge is 0.497 e. The predicted molar refractivity (Wildman–Crippen MR) is 71.9 cm³/mol. The minimum absolute atomic E-state index is 0.154. The van der Waals surface area contributed by atoms with Crippen LogP contribution in [-0.4, -0.2) is 49.9 Å². The molecule has 1 unspecified atom stereocenters. The molecular formula is C14H22N2O2. The van der Waals surface area contributed by atoms with Gasteiger partial charge in [-0.15, -0.1) is 0 Å². The molecule has 2 atom stereocenters. The third-order valence-electron chi connectivity index (χ3n) is 3.55. The number of ether oxygens (including phenoxy) is 1. The third kappa shape index (κ3) is 3.22. The number of benzene rings is 1. The van der Waals surface area contributed by atoms with Crippen molar-refractivity contribution in [3.8, 4) is 5.75 Å². The highest BCUT2D eigenvalue weighted by Crippen LogP contribution is 2.20. The minimum Gasteiger partial charge on any atom is -0.497 e. The van der Waals surface area contributed by atoms with Gasteiger partial charge in [-0.2, -0.15) is 0 Å². The van der Waals surface area contributed by atoms with E-state index < -0.39 is 0 Å². The normalized spacial score (nSPS) is 22.1. The first-order valence-electron chi connectivity index (χ1n) is 6.44. The Morgan fingerprint density at radius 3 is 2.67 bits per heavy atom. The van der Waals surface area contributed by atoms with Crippen LogP contribution >= 0.6 is 0 Å². The van der Waals surface area contributed by atoms with Crippen molar-refractivity contribution in [2.24, 2.45) is 0 Å². The highest BCUT2D eigenvalue weighted by atomic mass is 16.5. The van der Waals surface area contributed by atoms with E-state index in [0.29, 0.717) is 6.04 Å². The quantitative estimate of drug-likeness (QED) is 0.819. The third-order valence-corrected chi connectivity index (χ3v) is 3.55. The van der Waals surface area contributed by atoms with Crippen LogP contribution in [0.3, 0.4) is 0 Å². The Morgan fingerprint density at radius 1 is 1.44 bits per heavy atom. The maximum atomic E-state index is 9.55. The molecule has 1 aliphatic rings. The molecule has 0 aliphatic carbocycles. The van der Waals surface area contributed by atoms with Crippen LogP contribution < -0.4 is 10.1 Å². The summed E-state index contributed by atoms with van der Waals surface area (Å²) in [5.41, 5.74) is 1.25. The molecule has 1 aromatic carbocycles. The number of β-amino-alcohol motifs (C(OH)–C–C–N with tert-alkyl or cyclic N) is 1. The average Bonchev–Trinajstić information content (AvgIpc) is 2.82. The van der Waals surface area contributed by atoms with Gasteiger partial charge in [0, 0.05) is 25.7 Å². The Hall–Kier alpha value is -1.10. The second-order valence-electron chi connectivity index (χ2n) is 4.82. The fourth-order valence-electron chi connectivity index (χ4n) is 2.44. The lowest BCUT2D eigenvalue weighted by Crippen LogP contribution is -2.32. The summed E-state index contributed by atoms with van der Waals surface area (Å²) < 4.78 is 5.17. The van der Waals surface area contributed by atoms with Crippen LogP contribution in [0.5, 0.6) is 5.75 Å². The number of nitrogens with zero attached hydrogens (tertiary/aromatic N) is 1. The predicted octanol–water partition coefficient (Wildman–Crippen LogP) is 1.02. The number of aliphatic hydroxyl groups excluding tert-OH is 1. The molecule has 0 amide bonds. The molecule has 2 N–H and O–H groups in total. The van der Waals surface area contributed by atoms with Crippen molar-refractivity contribution in [3.05, 3.63) is 29.8 Å². The van der Waals surface area contributed by atoms with Crippen molar-refractivity contribution >= 4 is 0 Å². The monoisotopic (exact) mass is 250 g/mol. The van der Waals surface area contributed by atoms with Gasteiger partial charge in [0.2, 0.25) is 0 Å². The van der Waals surface area contributed by atoms with E-state index in [1.165, 1.54) is 5.56 Å². The molecule has 18 heavy (non-hydrogen) atoms. The van der Waals surface area contributed by atoms with Gasteiger partial charge < -0.3 is 15.2 Å². The van der Waals surface area contributed by atoms with Gasteiger partial charge in [0.1, 0.15) is 5.75 Å². The molecule has 0 aromatic heterocycles. The van der Waals surface area contributed by atoms with Crippen LogP contribution in [0.15, 0.2) is 24.3 Å². The molecular weight excluding hydrogens is 228 g/mol. The summed E-state index contributed by atoms with van der Waals surface area (Å²) in [6.07, 6.45) is 0.734. The van der Waals surface area contributed by atoms with Crippen LogP contribution in [-0.2, 0) is 0 Å². The maximum absolute atomic E-state index is 9.55. The molecule has 0 radical (unpaired) electrons. The second kappa shape index (κ2) is 6.18. The number of hydrogen-bond acceptors (Lipinski definition) is 4. The fraction of sp³-hybridized carbons (Fsp3) is 0.571. The summed E-state index contributed by atoms with van der Waals surface area (Å²) in [7, 11) is 3.65. The van der Waals surface area contributed by atoms with Crippen LogP contribution in [0.4, 0.5) is 0 Å². The van der Waals surface area contributed by atoms with Gasteiger partial charge >= 0.3 is 0 Å². The van der Waals surface area contributed by atoms with Crippen molar-refractivity contribution in [1.29, 1.82) is 0 Å². The minimum atomic E-state index is -0.154. The van der Waals surface area contributed by atoms with Gasteiger partial charge in [-0.3, -0.25) is 4.90 Å². The number of hydrogen-bond donors (Lipinski definition) is 2. The highest BCUT2D eigenvalue weighted by molar-refractivity contribution is 5.29. The zero-order valence-electron chi connectivity index (χ0n) is 11.1. The molecule has 0 bridgehead atoms. The first-order chi connectivity index (χ1) is 8.72. The molecule has 0 spiro atoms. The first kappa shape index (κ1) is 13.3. The molecule has 1 heterocycles. The van der Waals surface area contributed by atoms with Crippen LogP contribution in [0.25, 0.3) is 0 Å². The van der Waals surface area contributed by atoms with E-state index in [1.54, 1.807) is 7.11 Å². The number of nitrogens with one attached hydrogen (secondary N) is 1. The van der Waals surface area contributed by atoms with Crippen molar-refractivity contribution in [2.75, 3.05) is 33.8 Å². The molecule has 0 saturated carbocycles. The summed E-state index contributed by atoms with van der Waals surface area (Å²) in [5, 5.41) is 12.9. The number of rotatable bonds is 5. The van der Waals surface area contributed by atoms with E-state index in [1.807, 2.05) is 19.2 Å². The lowest BCUT2D eigenvalue weighted by molar-refractivity contribution is 0.173. The summed E-state index contributed by atoms with van der Waals surface area (Å²) in [6, 6.07) is 8.44. The molecule has 4 nitrogen and oxygen atoms in total. The van der Waals surface area contributed by atoms with Crippen LogP contribution in [0.1, 0.15) is 18.0 Å². The van der Waals surface area contributed by atoms with Gasteiger partial charge in [-0.25, -0.2) is 0 Å². The maximum Gasteiger partial charge on any atom is 0.118 e. The van der Waals surface area contributed by atoms with Crippen LogP contribution in [0.2, 0.25) is 0 Å².